The zero-order chi connectivity index (χ0) is 7.66. The van der Waals surface area contributed by atoms with Crippen LogP contribution >= 0.6 is 0 Å². The Morgan fingerprint density at radius 3 is 2.60 bits per heavy atom. The lowest BCUT2D eigenvalue weighted by molar-refractivity contribution is 0.551. The molecule has 1 nitrogen and oxygen atoms in total. The van der Waals surface area contributed by atoms with Gasteiger partial charge in [0.05, 0.1) is 0 Å². The minimum atomic E-state index is 0.544. The van der Waals surface area contributed by atoms with Crippen molar-refractivity contribution >= 4 is 6.29 Å². The average Bonchev–Trinajstić information content (AvgIpc) is 1.97. The third-order valence-electron chi connectivity index (χ3n) is 1.30. The number of rotatable bonds is 6. The van der Waals surface area contributed by atoms with Gasteiger partial charge in [0, 0.05) is 6.42 Å². The maximum Gasteiger partial charge on any atom is 0.198 e. The van der Waals surface area contributed by atoms with Crippen LogP contribution in [0.1, 0.15) is 39.0 Å². The van der Waals surface area contributed by atoms with Gasteiger partial charge in [0.15, 0.2) is 6.29 Å². The smallest absolute Gasteiger partial charge is 0.198 e. The Morgan fingerprint density at radius 2 is 2.00 bits per heavy atom. The van der Waals surface area contributed by atoms with Gasteiger partial charge in [-0.3, -0.25) is 4.79 Å². The van der Waals surface area contributed by atoms with Crippen LogP contribution in [0.15, 0.2) is 12.2 Å². The van der Waals surface area contributed by atoms with E-state index in [1.165, 1.54) is 12.8 Å². The van der Waals surface area contributed by atoms with E-state index in [9.17, 15) is 4.79 Å². The summed E-state index contributed by atoms with van der Waals surface area (Å²) in [7, 11) is 0. The average molecular weight is 139 g/mol. The molecule has 0 saturated heterocycles. The topological polar surface area (TPSA) is 17.1 Å². The second-order valence-electron chi connectivity index (χ2n) is 2.30. The fourth-order valence-electron chi connectivity index (χ4n) is 0.700. The van der Waals surface area contributed by atoms with Crippen molar-refractivity contribution in [2.45, 2.75) is 39.0 Å². The Labute approximate surface area is 63.1 Å². The Bertz CT molecular complexity index is 94.9. The van der Waals surface area contributed by atoms with Crippen molar-refractivity contribution in [3.8, 4) is 0 Å². The molecule has 0 saturated carbocycles. The molecule has 0 aromatic carbocycles. The maximum atomic E-state index is 9.73. The van der Waals surface area contributed by atoms with E-state index in [-0.39, 0.29) is 0 Å². The van der Waals surface area contributed by atoms with Gasteiger partial charge in [-0.2, -0.15) is 0 Å². The summed E-state index contributed by atoms with van der Waals surface area (Å²) in [5.74, 6) is 0. The van der Waals surface area contributed by atoms with E-state index >= 15 is 0 Å². The molecule has 0 bridgehead atoms. The lowest BCUT2D eigenvalue weighted by Crippen LogP contribution is -1.71. The van der Waals surface area contributed by atoms with Gasteiger partial charge in [0.25, 0.3) is 0 Å². The molecule has 0 rings (SSSR count). The highest BCUT2D eigenvalue weighted by atomic mass is 16.1. The van der Waals surface area contributed by atoms with Crippen LogP contribution in [0.3, 0.4) is 0 Å². The van der Waals surface area contributed by atoms with Gasteiger partial charge in [-0.25, -0.2) is 0 Å². The van der Waals surface area contributed by atoms with Crippen LogP contribution < -0.4 is 0 Å². The fraction of sp³-hybridized carbons (Fsp3) is 0.667. The predicted molar refractivity (Wildman–Crippen MR) is 43.6 cm³/mol. The number of allylic oxidation sites excluding steroid dienone is 2. The first-order valence-corrected chi connectivity index (χ1v) is 3.91. The summed E-state index contributed by atoms with van der Waals surface area (Å²) in [6.07, 6.45) is 11.1. The van der Waals surface area contributed by atoms with E-state index in [4.69, 9.17) is 0 Å². The van der Waals surface area contributed by atoms with Crippen LogP contribution in [-0.2, 0) is 4.79 Å². The molecule has 10 heavy (non-hydrogen) atoms. The number of carbonyl (C=O) groups excluding carboxylic acids is 1. The molecule has 1 radical (unpaired) electrons. The highest BCUT2D eigenvalue weighted by Gasteiger charge is 1.79. The Balaban J connectivity index is 2.96. The molecular formula is C9H15O. The summed E-state index contributed by atoms with van der Waals surface area (Å²) in [5.41, 5.74) is 0. The van der Waals surface area contributed by atoms with E-state index in [1.54, 1.807) is 0 Å². The van der Waals surface area contributed by atoms with Crippen molar-refractivity contribution < 1.29 is 4.79 Å². The molecule has 0 heterocycles. The van der Waals surface area contributed by atoms with Gasteiger partial charge in [0.2, 0.25) is 0 Å². The molecule has 0 aliphatic heterocycles. The molecule has 0 spiro atoms. The van der Waals surface area contributed by atoms with Crippen molar-refractivity contribution in [2.75, 3.05) is 0 Å². The highest BCUT2D eigenvalue weighted by molar-refractivity contribution is 5.50. The minimum absolute atomic E-state index is 0.544. The van der Waals surface area contributed by atoms with Gasteiger partial charge >= 0.3 is 0 Å². The fourth-order valence-corrected chi connectivity index (χ4v) is 0.700. The summed E-state index contributed by atoms with van der Waals surface area (Å²) >= 11 is 0. The Hall–Kier alpha value is -0.590. The standard InChI is InChI=1S/C9H15O/c1-2-3-4-5-6-7-8-9-10/h5-6H,2-4,7-8H2,1H3. The van der Waals surface area contributed by atoms with E-state index in [1.807, 2.05) is 6.29 Å². The normalized spacial score (nSPS) is 10.5. The van der Waals surface area contributed by atoms with Crippen LogP contribution in [0.25, 0.3) is 0 Å². The third kappa shape index (κ3) is 7.41. The molecule has 0 aliphatic rings. The van der Waals surface area contributed by atoms with Gasteiger partial charge in [-0.1, -0.05) is 31.9 Å². The molecule has 57 valence electrons. The molecule has 0 unspecified atom stereocenters. The highest BCUT2D eigenvalue weighted by Crippen LogP contribution is 1.96. The second-order valence-corrected chi connectivity index (χ2v) is 2.30. The Morgan fingerprint density at radius 1 is 1.30 bits per heavy atom. The van der Waals surface area contributed by atoms with Gasteiger partial charge in [-0.05, 0) is 12.8 Å². The molecular weight excluding hydrogens is 124 g/mol. The quantitative estimate of drug-likeness (QED) is 0.408. The van der Waals surface area contributed by atoms with Crippen molar-refractivity contribution in [1.82, 2.24) is 0 Å². The molecule has 0 aliphatic carbocycles. The van der Waals surface area contributed by atoms with Crippen LogP contribution in [0.5, 0.6) is 0 Å². The van der Waals surface area contributed by atoms with E-state index < -0.39 is 0 Å². The summed E-state index contributed by atoms with van der Waals surface area (Å²) in [6, 6.07) is 0. The summed E-state index contributed by atoms with van der Waals surface area (Å²) in [4.78, 5) is 9.73. The van der Waals surface area contributed by atoms with Gasteiger partial charge in [-0.15, -0.1) is 0 Å². The zero-order valence-electron chi connectivity index (χ0n) is 6.60. The monoisotopic (exact) mass is 139 g/mol. The summed E-state index contributed by atoms with van der Waals surface area (Å²) in [6.45, 7) is 2.17. The second kappa shape index (κ2) is 8.41. The van der Waals surface area contributed by atoms with E-state index in [0.29, 0.717) is 6.42 Å². The lowest BCUT2D eigenvalue weighted by atomic mass is 10.2. The van der Waals surface area contributed by atoms with E-state index in [0.717, 1.165) is 12.8 Å². The van der Waals surface area contributed by atoms with Gasteiger partial charge < -0.3 is 0 Å². The molecule has 0 aromatic rings. The molecule has 0 amide bonds. The van der Waals surface area contributed by atoms with Crippen molar-refractivity contribution in [2.24, 2.45) is 0 Å². The zero-order valence-corrected chi connectivity index (χ0v) is 6.60. The first-order chi connectivity index (χ1) is 4.91. The van der Waals surface area contributed by atoms with Crippen LogP contribution in [0, 0.1) is 0 Å². The van der Waals surface area contributed by atoms with E-state index in [2.05, 4.69) is 19.1 Å². The number of hydrogen-bond acceptors (Lipinski definition) is 1. The van der Waals surface area contributed by atoms with Crippen molar-refractivity contribution in [1.29, 1.82) is 0 Å². The van der Waals surface area contributed by atoms with Gasteiger partial charge in [0.1, 0.15) is 0 Å². The largest absolute Gasteiger partial charge is 0.291 e. The summed E-state index contributed by atoms with van der Waals surface area (Å²) < 4.78 is 0. The van der Waals surface area contributed by atoms with Crippen LogP contribution in [0.2, 0.25) is 0 Å². The molecule has 0 aromatic heterocycles. The SMILES string of the molecule is CCCCC=CCC[C]=O. The molecule has 0 fully saturated rings. The van der Waals surface area contributed by atoms with Crippen molar-refractivity contribution in [3.63, 3.8) is 0 Å². The molecule has 1 heteroatoms. The molecule has 0 N–H and O–H groups in total. The number of hydrogen-bond donors (Lipinski definition) is 0. The molecule has 0 atom stereocenters. The summed E-state index contributed by atoms with van der Waals surface area (Å²) in [5, 5.41) is 0. The first-order valence-electron chi connectivity index (χ1n) is 3.91. The minimum Gasteiger partial charge on any atom is -0.291 e. The predicted octanol–water partition coefficient (Wildman–Crippen LogP) is 2.62. The Kier molecular flexibility index (Phi) is 7.91. The van der Waals surface area contributed by atoms with Crippen LogP contribution in [0.4, 0.5) is 0 Å². The number of unbranched alkanes of at least 4 members (excludes halogenated alkanes) is 3. The van der Waals surface area contributed by atoms with Crippen LogP contribution in [-0.4, -0.2) is 6.29 Å². The van der Waals surface area contributed by atoms with Crippen molar-refractivity contribution in [3.05, 3.63) is 12.2 Å². The lowest BCUT2D eigenvalue weighted by Gasteiger charge is -1.86. The third-order valence-corrected chi connectivity index (χ3v) is 1.30. The first kappa shape index (κ1) is 9.41. The maximum absolute atomic E-state index is 9.73.